The van der Waals surface area contributed by atoms with E-state index in [9.17, 15) is 4.79 Å². The van der Waals surface area contributed by atoms with Gasteiger partial charge in [0.2, 0.25) is 0 Å². The van der Waals surface area contributed by atoms with E-state index >= 15 is 0 Å². The molecule has 106 valence electrons. The summed E-state index contributed by atoms with van der Waals surface area (Å²) in [5, 5.41) is 0. The molecule has 0 aliphatic carbocycles. The molecule has 0 saturated heterocycles. The summed E-state index contributed by atoms with van der Waals surface area (Å²) in [4.78, 5) is 13.4. The van der Waals surface area contributed by atoms with E-state index < -0.39 is 0 Å². The first-order valence-electron chi connectivity index (χ1n) is 6.37. The highest BCUT2D eigenvalue weighted by atomic mass is 16.5. The van der Waals surface area contributed by atoms with E-state index in [1.165, 1.54) is 12.7 Å². The molecule has 0 radical (unpaired) electrons. The fourth-order valence-electron chi connectivity index (χ4n) is 2.19. The number of nitrogens with zero attached hydrogens (tertiary/aromatic N) is 1. The van der Waals surface area contributed by atoms with Crippen LogP contribution in [0.5, 0.6) is 5.75 Å². The van der Waals surface area contributed by atoms with Gasteiger partial charge in [-0.2, -0.15) is 0 Å². The Hall–Kier alpha value is -1.55. The Morgan fingerprint density at radius 3 is 2.47 bits per heavy atom. The number of benzene rings is 1. The van der Waals surface area contributed by atoms with Crippen molar-refractivity contribution >= 4 is 5.97 Å². The van der Waals surface area contributed by atoms with Crippen LogP contribution in [0.1, 0.15) is 30.0 Å². The summed E-state index contributed by atoms with van der Waals surface area (Å²) >= 11 is 0. The Kier molecular flexibility index (Phi) is 5.83. The molecule has 0 amide bonds. The highest BCUT2D eigenvalue weighted by Crippen LogP contribution is 2.28. The number of methoxy groups -OCH3 is 2. The van der Waals surface area contributed by atoms with Crippen LogP contribution in [-0.2, 0) is 9.53 Å². The van der Waals surface area contributed by atoms with E-state index in [1.54, 1.807) is 7.11 Å². The van der Waals surface area contributed by atoms with Crippen LogP contribution < -0.4 is 4.74 Å². The van der Waals surface area contributed by atoms with Crippen LogP contribution in [0.15, 0.2) is 18.2 Å². The van der Waals surface area contributed by atoms with Crippen molar-refractivity contribution in [3.63, 3.8) is 0 Å². The lowest BCUT2D eigenvalue weighted by molar-refractivity contribution is -0.141. The standard InChI is InChI=1S/C15H23NO3/c1-11-10-12(6-8-14(11)18-4)13(16(2)3)7-9-15(17)19-5/h6,8,10,13H,7,9H2,1-5H3. The quantitative estimate of drug-likeness (QED) is 0.741. The van der Waals surface area contributed by atoms with Gasteiger partial charge in [-0.15, -0.1) is 0 Å². The maximum atomic E-state index is 11.3. The third-order valence-corrected chi connectivity index (χ3v) is 3.28. The van der Waals surface area contributed by atoms with Crippen molar-refractivity contribution in [1.82, 2.24) is 4.90 Å². The van der Waals surface area contributed by atoms with Crippen LogP contribution in [0, 0.1) is 6.92 Å². The van der Waals surface area contributed by atoms with Gasteiger partial charge in [-0.05, 0) is 44.6 Å². The molecule has 0 saturated carbocycles. The van der Waals surface area contributed by atoms with Crippen LogP contribution in [-0.4, -0.2) is 39.2 Å². The summed E-state index contributed by atoms with van der Waals surface area (Å²) in [7, 11) is 7.12. The van der Waals surface area contributed by atoms with Gasteiger partial charge in [0.25, 0.3) is 0 Å². The minimum Gasteiger partial charge on any atom is -0.496 e. The van der Waals surface area contributed by atoms with Gasteiger partial charge in [0.05, 0.1) is 14.2 Å². The highest BCUT2D eigenvalue weighted by Gasteiger charge is 2.17. The zero-order chi connectivity index (χ0) is 14.4. The van der Waals surface area contributed by atoms with Crippen molar-refractivity contribution in [2.24, 2.45) is 0 Å². The second-order valence-corrected chi connectivity index (χ2v) is 4.82. The predicted octanol–water partition coefficient (Wildman–Crippen LogP) is 2.56. The molecule has 1 aromatic carbocycles. The smallest absolute Gasteiger partial charge is 0.305 e. The van der Waals surface area contributed by atoms with Crippen molar-refractivity contribution in [3.8, 4) is 5.75 Å². The monoisotopic (exact) mass is 265 g/mol. The molecular formula is C15H23NO3. The minimum atomic E-state index is -0.169. The summed E-state index contributed by atoms with van der Waals surface area (Å²) in [6, 6.07) is 6.33. The van der Waals surface area contributed by atoms with E-state index in [4.69, 9.17) is 9.47 Å². The first-order chi connectivity index (χ1) is 8.99. The summed E-state index contributed by atoms with van der Waals surface area (Å²) in [5.41, 5.74) is 2.29. The van der Waals surface area contributed by atoms with E-state index in [0.717, 1.165) is 17.7 Å². The van der Waals surface area contributed by atoms with E-state index in [-0.39, 0.29) is 12.0 Å². The molecule has 1 aromatic rings. The van der Waals surface area contributed by atoms with Crippen molar-refractivity contribution in [2.45, 2.75) is 25.8 Å². The molecule has 0 bridgehead atoms. The lowest BCUT2D eigenvalue weighted by Gasteiger charge is -2.25. The van der Waals surface area contributed by atoms with Crippen LogP contribution in [0.2, 0.25) is 0 Å². The summed E-state index contributed by atoms with van der Waals surface area (Å²) in [6.45, 7) is 2.02. The molecule has 19 heavy (non-hydrogen) atoms. The fraction of sp³-hybridized carbons (Fsp3) is 0.533. The number of hydrogen-bond donors (Lipinski definition) is 0. The number of rotatable bonds is 6. The largest absolute Gasteiger partial charge is 0.496 e. The van der Waals surface area contributed by atoms with Crippen LogP contribution >= 0.6 is 0 Å². The van der Waals surface area contributed by atoms with Gasteiger partial charge in [0.15, 0.2) is 0 Å². The third kappa shape index (κ3) is 4.24. The topological polar surface area (TPSA) is 38.8 Å². The van der Waals surface area contributed by atoms with Crippen molar-refractivity contribution in [3.05, 3.63) is 29.3 Å². The number of aryl methyl sites for hydroxylation is 1. The first-order valence-corrected chi connectivity index (χ1v) is 6.37. The predicted molar refractivity (Wildman–Crippen MR) is 75.4 cm³/mol. The molecule has 0 aliphatic heterocycles. The normalized spacial score (nSPS) is 12.3. The lowest BCUT2D eigenvalue weighted by Crippen LogP contribution is -2.21. The van der Waals surface area contributed by atoms with Gasteiger partial charge in [-0.25, -0.2) is 0 Å². The van der Waals surface area contributed by atoms with Crippen LogP contribution in [0.25, 0.3) is 0 Å². The SMILES string of the molecule is COC(=O)CCC(c1ccc(OC)c(C)c1)N(C)C. The van der Waals surface area contributed by atoms with E-state index in [2.05, 4.69) is 11.0 Å². The summed E-state index contributed by atoms with van der Waals surface area (Å²) in [5.74, 6) is 0.714. The average Bonchev–Trinajstić information content (AvgIpc) is 2.38. The van der Waals surface area contributed by atoms with Crippen molar-refractivity contribution in [1.29, 1.82) is 0 Å². The fourth-order valence-corrected chi connectivity index (χ4v) is 2.19. The van der Waals surface area contributed by atoms with Gasteiger partial charge in [-0.1, -0.05) is 12.1 Å². The molecule has 1 rings (SSSR count). The third-order valence-electron chi connectivity index (χ3n) is 3.28. The molecule has 0 heterocycles. The molecule has 4 heteroatoms. The lowest BCUT2D eigenvalue weighted by atomic mass is 9.99. The van der Waals surface area contributed by atoms with Gasteiger partial charge in [-0.3, -0.25) is 4.79 Å². The average molecular weight is 265 g/mol. The molecule has 4 nitrogen and oxygen atoms in total. The first kappa shape index (κ1) is 15.5. The van der Waals surface area contributed by atoms with Crippen LogP contribution in [0.3, 0.4) is 0 Å². The highest BCUT2D eigenvalue weighted by molar-refractivity contribution is 5.69. The van der Waals surface area contributed by atoms with E-state index in [1.807, 2.05) is 33.2 Å². The van der Waals surface area contributed by atoms with Gasteiger partial charge in [0.1, 0.15) is 5.75 Å². The van der Waals surface area contributed by atoms with Crippen molar-refractivity contribution in [2.75, 3.05) is 28.3 Å². The maximum Gasteiger partial charge on any atom is 0.305 e. The molecule has 0 fully saturated rings. The Morgan fingerprint density at radius 1 is 1.32 bits per heavy atom. The molecule has 0 spiro atoms. The number of ether oxygens (including phenoxy) is 2. The number of carbonyl (C=O) groups excluding carboxylic acids is 1. The molecular weight excluding hydrogens is 242 g/mol. The van der Waals surface area contributed by atoms with Crippen molar-refractivity contribution < 1.29 is 14.3 Å². The second-order valence-electron chi connectivity index (χ2n) is 4.82. The summed E-state index contributed by atoms with van der Waals surface area (Å²) in [6.07, 6.45) is 1.16. The molecule has 0 aromatic heterocycles. The van der Waals surface area contributed by atoms with E-state index in [0.29, 0.717) is 6.42 Å². The van der Waals surface area contributed by atoms with Gasteiger partial charge in [0, 0.05) is 12.5 Å². The molecule has 0 N–H and O–H groups in total. The Labute approximate surface area is 115 Å². The summed E-state index contributed by atoms with van der Waals surface area (Å²) < 4.78 is 9.97. The number of hydrogen-bond acceptors (Lipinski definition) is 4. The van der Waals surface area contributed by atoms with Gasteiger partial charge >= 0.3 is 5.97 Å². The number of esters is 1. The molecule has 0 aliphatic rings. The van der Waals surface area contributed by atoms with Gasteiger partial charge < -0.3 is 14.4 Å². The second kappa shape index (κ2) is 7.14. The zero-order valence-corrected chi connectivity index (χ0v) is 12.4. The van der Waals surface area contributed by atoms with Crippen LogP contribution in [0.4, 0.5) is 0 Å². The Bertz CT molecular complexity index is 429. The minimum absolute atomic E-state index is 0.169. The number of carbonyl (C=O) groups is 1. The molecule has 1 unspecified atom stereocenters. The Morgan fingerprint density at radius 2 is 2.00 bits per heavy atom. The zero-order valence-electron chi connectivity index (χ0n) is 12.4. The Balaban J connectivity index is 2.87. The molecule has 1 atom stereocenters. The maximum absolute atomic E-state index is 11.3.